The molecule has 1 aromatic heterocycles. The number of carboxylic acids is 1. The van der Waals surface area contributed by atoms with Gasteiger partial charge in [-0.1, -0.05) is 12.1 Å². The Kier molecular flexibility index (Phi) is 8.01. The molecule has 1 aliphatic heterocycles. The predicted molar refractivity (Wildman–Crippen MR) is 121 cm³/mol. The van der Waals surface area contributed by atoms with Crippen molar-refractivity contribution in [2.75, 3.05) is 32.8 Å². The van der Waals surface area contributed by atoms with Gasteiger partial charge in [-0.25, -0.2) is 4.79 Å². The van der Waals surface area contributed by atoms with Crippen molar-refractivity contribution in [3.8, 4) is 5.75 Å². The van der Waals surface area contributed by atoms with Crippen molar-refractivity contribution >= 4 is 34.8 Å². The van der Waals surface area contributed by atoms with Gasteiger partial charge in [0.1, 0.15) is 5.56 Å². The van der Waals surface area contributed by atoms with Gasteiger partial charge in [-0.15, -0.1) is 0 Å². The van der Waals surface area contributed by atoms with E-state index in [2.05, 4.69) is 4.98 Å². The summed E-state index contributed by atoms with van der Waals surface area (Å²) in [5.41, 5.74) is 6.24. The molecule has 11 heteroatoms. The van der Waals surface area contributed by atoms with Crippen molar-refractivity contribution in [1.82, 2.24) is 14.8 Å². The Balaban J connectivity index is 1.85. The number of fused-ring (bicyclic) bond motifs is 1. The highest BCUT2D eigenvalue weighted by molar-refractivity contribution is 6.04. The Morgan fingerprint density at radius 3 is 2.44 bits per heavy atom. The van der Waals surface area contributed by atoms with Crippen molar-refractivity contribution in [2.45, 2.75) is 19.8 Å². The monoisotopic (exact) mass is 470 g/mol. The number of piperazine rings is 1. The smallest absolute Gasteiger partial charge is 0.409 e. The van der Waals surface area contributed by atoms with E-state index in [-0.39, 0.29) is 42.4 Å². The van der Waals surface area contributed by atoms with Crippen LogP contribution < -0.4 is 10.5 Å². The lowest BCUT2D eigenvalue weighted by Crippen LogP contribution is -2.51. The second-order valence-electron chi connectivity index (χ2n) is 7.48. The Hall–Kier alpha value is -4.15. The number of benzene rings is 1. The predicted octanol–water partition coefficient (Wildman–Crippen LogP) is 1.54. The molecule has 0 atom stereocenters. The molecule has 3 rings (SSSR count). The first-order valence-corrected chi connectivity index (χ1v) is 10.8. The highest BCUT2D eigenvalue weighted by atomic mass is 16.6. The van der Waals surface area contributed by atoms with Crippen LogP contribution in [-0.2, 0) is 20.7 Å². The van der Waals surface area contributed by atoms with Gasteiger partial charge in [0.25, 0.3) is 5.91 Å². The SMILES string of the molecule is CCOC(=O)N1CCN(C(=O)Cc2nc3ccccc3c(OC=CCC(=O)O)c2C(N)=O)CC1. The number of amides is 3. The van der Waals surface area contributed by atoms with Crippen LogP contribution in [0.2, 0.25) is 0 Å². The normalized spacial score (nSPS) is 13.8. The fraction of sp³-hybridized carbons (Fsp3) is 0.348. The zero-order valence-electron chi connectivity index (χ0n) is 18.7. The van der Waals surface area contributed by atoms with Crippen LogP contribution >= 0.6 is 0 Å². The van der Waals surface area contributed by atoms with Gasteiger partial charge >= 0.3 is 12.1 Å². The second-order valence-corrected chi connectivity index (χ2v) is 7.48. The molecule has 0 unspecified atom stereocenters. The molecule has 0 aliphatic carbocycles. The molecule has 1 aromatic carbocycles. The third kappa shape index (κ3) is 5.80. The summed E-state index contributed by atoms with van der Waals surface area (Å²) in [6, 6.07) is 6.88. The van der Waals surface area contributed by atoms with Crippen molar-refractivity contribution in [2.24, 2.45) is 5.73 Å². The van der Waals surface area contributed by atoms with Crippen LogP contribution in [0.3, 0.4) is 0 Å². The zero-order valence-corrected chi connectivity index (χ0v) is 18.7. The minimum absolute atomic E-state index is 0.0443. The number of aromatic nitrogens is 1. The molecule has 3 amide bonds. The molecule has 0 radical (unpaired) electrons. The summed E-state index contributed by atoms with van der Waals surface area (Å²) in [6.07, 6.45) is 1.58. The summed E-state index contributed by atoms with van der Waals surface area (Å²) in [5.74, 6) is -2.03. The first kappa shape index (κ1) is 24.5. The molecule has 1 saturated heterocycles. The lowest BCUT2D eigenvalue weighted by atomic mass is 10.0. The first-order valence-electron chi connectivity index (χ1n) is 10.8. The number of nitrogens with two attached hydrogens (primary N) is 1. The van der Waals surface area contributed by atoms with Crippen LogP contribution in [0.5, 0.6) is 5.75 Å². The largest absolute Gasteiger partial charge is 0.481 e. The summed E-state index contributed by atoms with van der Waals surface area (Å²) >= 11 is 0. The minimum atomic E-state index is -1.04. The van der Waals surface area contributed by atoms with E-state index in [4.69, 9.17) is 20.3 Å². The van der Waals surface area contributed by atoms with E-state index in [1.165, 1.54) is 17.2 Å². The lowest BCUT2D eigenvalue weighted by Gasteiger charge is -2.34. The van der Waals surface area contributed by atoms with Gasteiger partial charge in [-0.3, -0.25) is 19.4 Å². The van der Waals surface area contributed by atoms with Gasteiger partial charge in [0.05, 0.1) is 36.9 Å². The molecule has 2 heterocycles. The summed E-state index contributed by atoms with van der Waals surface area (Å²) < 4.78 is 10.6. The van der Waals surface area contributed by atoms with Crippen molar-refractivity contribution in [3.05, 3.63) is 47.9 Å². The summed E-state index contributed by atoms with van der Waals surface area (Å²) in [5, 5.41) is 9.30. The highest BCUT2D eigenvalue weighted by Crippen LogP contribution is 2.31. The van der Waals surface area contributed by atoms with E-state index in [9.17, 15) is 19.2 Å². The third-order valence-corrected chi connectivity index (χ3v) is 5.22. The fourth-order valence-corrected chi connectivity index (χ4v) is 3.61. The standard InChI is InChI=1S/C23H26N4O7/c1-2-33-23(32)27-11-9-26(10-12-27)18(28)14-17-20(22(24)31)21(34-13-5-8-19(29)30)15-6-3-4-7-16(15)25-17/h3-7,13H,2,8-12,14H2,1H3,(H2,24,31)(H,29,30). The van der Waals surface area contributed by atoms with E-state index in [1.54, 1.807) is 36.1 Å². The lowest BCUT2D eigenvalue weighted by molar-refractivity contribution is -0.136. The number of nitrogens with zero attached hydrogens (tertiary/aromatic N) is 3. The third-order valence-electron chi connectivity index (χ3n) is 5.22. The molecule has 11 nitrogen and oxygen atoms in total. The van der Waals surface area contributed by atoms with E-state index in [0.717, 1.165) is 0 Å². The van der Waals surface area contributed by atoms with Gasteiger partial charge in [0.2, 0.25) is 5.91 Å². The molecule has 2 aromatic rings. The first-order chi connectivity index (χ1) is 16.3. The number of carbonyl (C=O) groups excluding carboxylic acids is 3. The Bertz CT molecular complexity index is 1120. The summed E-state index contributed by atoms with van der Waals surface area (Å²) in [7, 11) is 0. The molecule has 0 saturated carbocycles. The number of para-hydroxylation sites is 1. The van der Waals surface area contributed by atoms with Crippen LogP contribution in [0.15, 0.2) is 36.6 Å². The summed E-state index contributed by atoms with van der Waals surface area (Å²) in [4.78, 5) is 55.6. The maximum Gasteiger partial charge on any atom is 0.409 e. The number of ether oxygens (including phenoxy) is 2. The Labute approximate surface area is 195 Å². The van der Waals surface area contributed by atoms with Crippen LogP contribution in [0.25, 0.3) is 10.9 Å². The van der Waals surface area contributed by atoms with E-state index in [0.29, 0.717) is 37.1 Å². The number of carbonyl (C=O) groups is 4. The second kappa shape index (κ2) is 11.1. The minimum Gasteiger partial charge on any atom is -0.481 e. The summed E-state index contributed by atoms with van der Waals surface area (Å²) in [6.45, 7) is 3.31. The molecule has 0 bridgehead atoms. The highest BCUT2D eigenvalue weighted by Gasteiger charge is 2.28. The van der Waals surface area contributed by atoms with Gasteiger partial charge in [-0.05, 0) is 25.1 Å². The van der Waals surface area contributed by atoms with E-state index in [1.807, 2.05) is 0 Å². The molecule has 1 fully saturated rings. The average molecular weight is 470 g/mol. The number of primary amides is 1. The van der Waals surface area contributed by atoms with Gasteiger partial charge in [-0.2, -0.15) is 0 Å². The van der Waals surface area contributed by atoms with Crippen molar-refractivity contribution in [3.63, 3.8) is 0 Å². The molecular formula is C23H26N4O7. The number of aliphatic carboxylic acids is 1. The van der Waals surface area contributed by atoms with E-state index < -0.39 is 18.0 Å². The molecule has 1 aliphatic rings. The fourth-order valence-electron chi connectivity index (χ4n) is 3.61. The number of carboxylic acid groups (broad SMARTS) is 1. The number of hydrogen-bond donors (Lipinski definition) is 2. The van der Waals surface area contributed by atoms with E-state index >= 15 is 0 Å². The molecule has 0 spiro atoms. The van der Waals surface area contributed by atoms with Crippen LogP contribution in [0.4, 0.5) is 4.79 Å². The molecule has 180 valence electrons. The average Bonchev–Trinajstić information content (AvgIpc) is 2.81. The number of pyridine rings is 1. The van der Waals surface area contributed by atoms with Gasteiger partial charge in [0, 0.05) is 31.6 Å². The Morgan fingerprint density at radius 2 is 1.79 bits per heavy atom. The number of hydrogen-bond acceptors (Lipinski definition) is 7. The molecule has 34 heavy (non-hydrogen) atoms. The quantitative estimate of drug-likeness (QED) is 0.551. The molecular weight excluding hydrogens is 444 g/mol. The Morgan fingerprint density at radius 1 is 1.12 bits per heavy atom. The van der Waals surface area contributed by atoms with Gasteiger partial charge in [0.15, 0.2) is 5.75 Å². The zero-order chi connectivity index (χ0) is 24.7. The topological polar surface area (TPSA) is 152 Å². The van der Waals surface area contributed by atoms with Crippen LogP contribution in [-0.4, -0.2) is 76.6 Å². The number of rotatable bonds is 8. The van der Waals surface area contributed by atoms with Crippen LogP contribution in [0.1, 0.15) is 29.4 Å². The maximum absolute atomic E-state index is 13.0. The van der Waals surface area contributed by atoms with Gasteiger partial charge < -0.3 is 30.1 Å². The van der Waals surface area contributed by atoms with Crippen molar-refractivity contribution < 1.29 is 33.8 Å². The maximum atomic E-state index is 13.0. The molecule has 3 N–H and O–H groups in total. The van der Waals surface area contributed by atoms with Crippen molar-refractivity contribution in [1.29, 1.82) is 0 Å². The van der Waals surface area contributed by atoms with Crippen LogP contribution in [0, 0.1) is 0 Å².